The Kier molecular flexibility index (Phi) is 26.2. The molecule has 1 N–H and O–H groups in total. The number of methoxy groups -OCH3 is 1. The average Bonchev–Trinajstić information content (AvgIpc) is 2.69. The maximum Gasteiger partial charge on any atom is 1.00 e. The van der Waals surface area contributed by atoms with Crippen molar-refractivity contribution in [3.63, 3.8) is 0 Å². The summed E-state index contributed by atoms with van der Waals surface area (Å²) in [7, 11) is -0.670. The largest absolute Gasteiger partial charge is 1.00 e. The first-order valence-electron chi connectivity index (χ1n) is 8.26. The van der Waals surface area contributed by atoms with Crippen LogP contribution >= 0.6 is 11.6 Å². The fourth-order valence-electron chi connectivity index (χ4n) is 1.50. The Morgan fingerprint density at radius 3 is 2.23 bits per heavy atom. The average molecular weight is 505 g/mol. The molecular formula is C20H23ClK2O6S-2. The molecule has 0 aliphatic heterocycles. The van der Waals surface area contributed by atoms with E-state index < -0.39 is 16.8 Å². The van der Waals surface area contributed by atoms with E-state index in [1.807, 2.05) is 6.07 Å². The van der Waals surface area contributed by atoms with Crippen LogP contribution in [0.1, 0.15) is 20.8 Å². The molecule has 0 saturated heterocycles. The summed E-state index contributed by atoms with van der Waals surface area (Å²) in [6.07, 6.45) is 0.567. The van der Waals surface area contributed by atoms with E-state index in [4.69, 9.17) is 26.2 Å². The second-order valence-corrected chi connectivity index (χ2v) is 6.72. The van der Waals surface area contributed by atoms with Crippen LogP contribution < -0.4 is 112 Å². The monoisotopic (exact) mass is 504 g/mol. The first-order chi connectivity index (χ1) is 13.3. The minimum absolute atomic E-state index is 0. The number of aliphatic hydroxyl groups is 1. The summed E-state index contributed by atoms with van der Waals surface area (Å²) in [6.45, 7) is 5.76. The van der Waals surface area contributed by atoms with Gasteiger partial charge in [0.05, 0.1) is 13.7 Å². The number of hydrogen-bond acceptors (Lipinski definition) is 7. The molecule has 0 aromatic heterocycles. The third kappa shape index (κ3) is 15.9. The van der Waals surface area contributed by atoms with Gasteiger partial charge in [0.25, 0.3) is 0 Å². The summed E-state index contributed by atoms with van der Waals surface area (Å²) in [5, 5.41) is 9.11. The molecule has 2 rings (SSSR count). The molecule has 0 aliphatic carbocycles. The van der Waals surface area contributed by atoms with Gasteiger partial charge in [0.1, 0.15) is 0 Å². The van der Waals surface area contributed by atoms with Crippen LogP contribution in [0.4, 0.5) is 0 Å². The third-order valence-corrected chi connectivity index (χ3v) is 3.99. The van der Waals surface area contributed by atoms with Crippen LogP contribution in [0.25, 0.3) is 0 Å². The zero-order valence-electron chi connectivity index (χ0n) is 18.1. The van der Waals surface area contributed by atoms with E-state index in [9.17, 15) is 13.2 Å². The first kappa shape index (κ1) is 35.8. The molecule has 0 radical (unpaired) electrons. The Hall–Kier alpha value is 1.18. The SMILES string of the molecule is CC(C)C(O)[C-]=O.CCOc1c[c-]ccc1[S-](=O)=O.COc1[c-]cccc1Cl.[K+].[K+]. The van der Waals surface area contributed by atoms with Crippen LogP contribution in [0.3, 0.4) is 0 Å². The third-order valence-electron chi connectivity index (χ3n) is 2.99. The molecule has 0 fully saturated rings. The number of aliphatic hydroxyl groups excluding tert-OH is 1. The minimum Gasteiger partial charge on any atom is -0.553 e. The Morgan fingerprint density at radius 1 is 1.23 bits per heavy atom. The summed E-state index contributed by atoms with van der Waals surface area (Å²) in [5.41, 5.74) is 0. The molecule has 0 aliphatic rings. The molecule has 6 nitrogen and oxygen atoms in total. The van der Waals surface area contributed by atoms with Crippen molar-refractivity contribution in [2.45, 2.75) is 31.8 Å². The Bertz CT molecular complexity index is 779. The van der Waals surface area contributed by atoms with Gasteiger partial charge in [-0.15, -0.1) is 12.1 Å². The topological polar surface area (TPSA) is 89.9 Å². The van der Waals surface area contributed by atoms with Gasteiger partial charge in [0.2, 0.25) is 0 Å². The van der Waals surface area contributed by atoms with Gasteiger partial charge >= 0.3 is 103 Å². The molecular weight excluding hydrogens is 482 g/mol. The number of hydrogen-bond donors (Lipinski definition) is 1. The van der Waals surface area contributed by atoms with E-state index in [2.05, 4.69) is 12.1 Å². The molecule has 0 spiro atoms. The number of carbonyl (C=O) groups excluding carboxylic acids is 1. The summed E-state index contributed by atoms with van der Waals surface area (Å²) in [6, 6.07) is 15.4. The van der Waals surface area contributed by atoms with Gasteiger partial charge in [0, 0.05) is 5.75 Å². The van der Waals surface area contributed by atoms with Crippen molar-refractivity contribution in [2.75, 3.05) is 13.7 Å². The van der Waals surface area contributed by atoms with E-state index in [0.29, 0.717) is 23.1 Å². The summed E-state index contributed by atoms with van der Waals surface area (Å²) >= 11 is 5.67. The van der Waals surface area contributed by atoms with Gasteiger partial charge < -0.3 is 27.8 Å². The minimum atomic E-state index is -2.24. The fraction of sp³-hybridized carbons (Fsp3) is 0.350. The molecule has 0 saturated carbocycles. The number of para-hydroxylation sites is 1. The van der Waals surface area contributed by atoms with Crippen LogP contribution in [-0.4, -0.2) is 31.2 Å². The summed E-state index contributed by atoms with van der Waals surface area (Å²) in [4.78, 5) is 9.75. The Morgan fingerprint density at radius 2 is 1.87 bits per heavy atom. The smallest absolute Gasteiger partial charge is 0.553 e. The van der Waals surface area contributed by atoms with E-state index in [0.717, 1.165) is 0 Å². The standard InChI is InChI=1S/C8H8O3S.C7H6ClO.C5H9O2.2K/c1-2-11-7-5-3-4-6-8(7)12(9)10;1-9-7-5-3-2-4-6(7)8;1-4(2)5(7)3-6;;/h4-6H,2H2,1H3;2-4H,1H3;4-5,7H,1-2H3;;/q-2;2*-1;2*+1. The maximum absolute atomic E-state index is 10.6. The second-order valence-electron chi connectivity index (χ2n) is 5.40. The second kappa shape index (κ2) is 22.0. The van der Waals surface area contributed by atoms with E-state index in [1.165, 1.54) is 24.5 Å². The maximum atomic E-state index is 10.6. The van der Waals surface area contributed by atoms with Crippen LogP contribution in [-0.2, 0) is 23.9 Å². The van der Waals surface area contributed by atoms with Gasteiger partial charge in [-0.25, -0.2) is 6.29 Å². The van der Waals surface area contributed by atoms with Crippen molar-refractivity contribution in [3.8, 4) is 11.5 Å². The molecule has 0 amide bonds. The molecule has 2 aromatic rings. The predicted octanol–water partition coefficient (Wildman–Crippen LogP) is -2.18. The van der Waals surface area contributed by atoms with Crippen LogP contribution in [0.5, 0.6) is 11.5 Å². The van der Waals surface area contributed by atoms with Gasteiger partial charge in [-0.05, 0) is 29.7 Å². The van der Waals surface area contributed by atoms with Crippen molar-refractivity contribution in [3.05, 3.63) is 53.6 Å². The van der Waals surface area contributed by atoms with Crippen molar-refractivity contribution < 1.29 is 131 Å². The fourth-order valence-corrected chi connectivity index (χ4v) is 2.17. The Balaban J connectivity index is -0.000000366. The molecule has 2 aromatic carbocycles. The van der Waals surface area contributed by atoms with Gasteiger partial charge in [-0.1, -0.05) is 24.6 Å². The molecule has 1 unspecified atom stereocenters. The van der Waals surface area contributed by atoms with Crippen molar-refractivity contribution in [1.82, 2.24) is 0 Å². The van der Waals surface area contributed by atoms with Gasteiger partial charge in [-0.2, -0.15) is 52.9 Å². The quantitative estimate of drug-likeness (QED) is 0.273. The number of halogens is 1. The number of ether oxygens (including phenoxy) is 2. The molecule has 156 valence electrons. The first-order valence-corrected chi connectivity index (χ1v) is 9.71. The molecule has 0 bridgehead atoms. The van der Waals surface area contributed by atoms with Gasteiger partial charge in [0.15, 0.2) is 0 Å². The van der Waals surface area contributed by atoms with E-state index in [-0.39, 0.29) is 114 Å². The van der Waals surface area contributed by atoms with Crippen molar-refractivity contribution in [1.29, 1.82) is 0 Å². The van der Waals surface area contributed by atoms with Crippen LogP contribution in [0.15, 0.2) is 41.3 Å². The summed E-state index contributed by atoms with van der Waals surface area (Å²) < 4.78 is 31.1. The molecule has 30 heavy (non-hydrogen) atoms. The van der Waals surface area contributed by atoms with E-state index in [1.54, 1.807) is 40.0 Å². The molecule has 0 heterocycles. The van der Waals surface area contributed by atoms with Crippen molar-refractivity contribution in [2.24, 2.45) is 5.92 Å². The predicted molar refractivity (Wildman–Crippen MR) is 107 cm³/mol. The molecule has 1 atom stereocenters. The van der Waals surface area contributed by atoms with Crippen LogP contribution in [0.2, 0.25) is 5.02 Å². The van der Waals surface area contributed by atoms with Gasteiger partial charge in [-0.3, -0.25) is 0 Å². The molecule has 10 heteroatoms. The number of benzene rings is 2. The number of rotatable bonds is 6. The van der Waals surface area contributed by atoms with Crippen molar-refractivity contribution >= 4 is 28.6 Å². The van der Waals surface area contributed by atoms with E-state index >= 15 is 0 Å². The zero-order valence-corrected chi connectivity index (χ0v) is 25.9. The summed E-state index contributed by atoms with van der Waals surface area (Å²) in [5.74, 6) is 0.949. The van der Waals surface area contributed by atoms with Crippen LogP contribution in [0, 0.1) is 18.1 Å². The Labute approximate surface area is 270 Å². The normalized spacial score (nSPS) is 10.1. The zero-order chi connectivity index (χ0) is 21.5.